The molecule has 1 aliphatic rings. The molecular formula is C19H29NO3S. The molecule has 1 saturated heterocycles. The molecule has 1 heterocycles. The zero-order valence-electron chi connectivity index (χ0n) is 15.6. The molecule has 0 N–H and O–H groups in total. The van der Waals surface area contributed by atoms with Crippen molar-refractivity contribution in [3.63, 3.8) is 0 Å². The Morgan fingerprint density at radius 1 is 1.12 bits per heavy atom. The van der Waals surface area contributed by atoms with E-state index in [0.29, 0.717) is 0 Å². The van der Waals surface area contributed by atoms with Gasteiger partial charge in [-0.2, -0.15) is 5.06 Å². The van der Waals surface area contributed by atoms with Crippen LogP contribution in [0.15, 0.2) is 29.2 Å². The molecule has 1 aromatic rings. The largest absolute Gasteiger partial charge is 0.467 e. The number of hydrogen-bond acceptors (Lipinski definition) is 5. The monoisotopic (exact) mass is 351 g/mol. The number of esters is 1. The molecule has 1 unspecified atom stereocenters. The highest BCUT2D eigenvalue weighted by atomic mass is 32.2. The maximum atomic E-state index is 12.4. The molecule has 1 aliphatic heterocycles. The number of carbonyl (C=O) groups is 1. The lowest BCUT2D eigenvalue weighted by molar-refractivity contribution is -0.304. The van der Waals surface area contributed by atoms with Crippen molar-refractivity contribution in [2.45, 2.75) is 69.0 Å². The number of hydrogen-bond donors (Lipinski definition) is 0. The van der Waals surface area contributed by atoms with Crippen LogP contribution in [0.5, 0.6) is 0 Å². The summed E-state index contributed by atoms with van der Waals surface area (Å²) in [7, 11) is 1.40. The lowest BCUT2D eigenvalue weighted by Crippen LogP contribution is -2.58. The van der Waals surface area contributed by atoms with E-state index >= 15 is 0 Å². The Bertz CT molecular complexity index is 552. The Morgan fingerprint density at radius 3 is 2.12 bits per heavy atom. The number of ether oxygens (including phenoxy) is 1. The lowest BCUT2D eigenvalue weighted by atomic mass is 9.82. The fourth-order valence-electron chi connectivity index (χ4n) is 3.49. The second-order valence-electron chi connectivity index (χ2n) is 7.55. The highest BCUT2D eigenvalue weighted by Crippen LogP contribution is 2.40. The number of hydroxylamine groups is 2. The first-order chi connectivity index (χ1) is 11.2. The molecule has 0 aromatic heterocycles. The maximum absolute atomic E-state index is 12.4. The van der Waals surface area contributed by atoms with Crippen molar-refractivity contribution in [3.05, 3.63) is 29.8 Å². The third-order valence-electron chi connectivity index (χ3n) is 4.72. The molecule has 4 nitrogen and oxygen atoms in total. The van der Waals surface area contributed by atoms with E-state index in [2.05, 4.69) is 27.7 Å². The zero-order chi connectivity index (χ0) is 18.0. The van der Waals surface area contributed by atoms with Crippen LogP contribution in [0.4, 0.5) is 0 Å². The molecule has 2 rings (SSSR count). The van der Waals surface area contributed by atoms with E-state index in [0.717, 1.165) is 29.7 Å². The minimum Gasteiger partial charge on any atom is -0.467 e. The molecule has 0 aliphatic carbocycles. The Hall–Kier alpha value is -1.04. The van der Waals surface area contributed by atoms with Gasteiger partial charge in [0, 0.05) is 16.0 Å². The van der Waals surface area contributed by atoms with E-state index in [1.807, 2.05) is 35.6 Å². The van der Waals surface area contributed by atoms with E-state index in [-0.39, 0.29) is 17.0 Å². The highest BCUT2D eigenvalue weighted by molar-refractivity contribution is 7.98. The fourth-order valence-corrected chi connectivity index (χ4v) is 3.90. The van der Waals surface area contributed by atoms with Gasteiger partial charge in [0.05, 0.1) is 7.11 Å². The Morgan fingerprint density at radius 2 is 1.67 bits per heavy atom. The first-order valence-electron chi connectivity index (χ1n) is 8.40. The third kappa shape index (κ3) is 4.13. The van der Waals surface area contributed by atoms with Crippen LogP contribution in [0.1, 0.15) is 58.6 Å². The predicted octanol–water partition coefficient (Wildman–Crippen LogP) is 4.60. The van der Waals surface area contributed by atoms with Crippen LogP contribution >= 0.6 is 11.8 Å². The van der Waals surface area contributed by atoms with Gasteiger partial charge in [0.2, 0.25) is 6.10 Å². The topological polar surface area (TPSA) is 38.8 Å². The van der Waals surface area contributed by atoms with Gasteiger partial charge < -0.3 is 4.74 Å². The van der Waals surface area contributed by atoms with Crippen LogP contribution < -0.4 is 0 Å². The molecule has 0 radical (unpaired) electrons. The van der Waals surface area contributed by atoms with Crippen molar-refractivity contribution in [1.29, 1.82) is 0 Å². The number of methoxy groups -OCH3 is 1. The summed E-state index contributed by atoms with van der Waals surface area (Å²) < 4.78 is 5.01. The van der Waals surface area contributed by atoms with Gasteiger partial charge in [-0.05, 0) is 70.9 Å². The van der Waals surface area contributed by atoms with E-state index in [9.17, 15) is 4.79 Å². The normalized spacial score (nSPS) is 21.2. The Balaban J connectivity index is 2.32. The summed E-state index contributed by atoms with van der Waals surface area (Å²) in [4.78, 5) is 19.8. The van der Waals surface area contributed by atoms with Crippen molar-refractivity contribution in [2.75, 3.05) is 13.4 Å². The van der Waals surface area contributed by atoms with Crippen molar-refractivity contribution in [1.82, 2.24) is 5.06 Å². The SMILES string of the molecule is COC(=O)C(ON1C(C)(C)CCCC1(C)C)c1ccc(SC)cc1. The van der Waals surface area contributed by atoms with Gasteiger partial charge in [-0.25, -0.2) is 4.79 Å². The molecule has 5 heteroatoms. The van der Waals surface area contributed by atoms with Crippen LogP contribution in [-0.2, 0) is 14.4 Å². The van der Waals surface area contributed by atoms with Crippen molar-refractivity contribution < 1.29 is 14.4 Å². The fraction of sp³-hybridized carbons (Fsp3) is 0.632. The van der Waals surface area contributed by atoms with Gasteiger partial charge in [0.1, 0.15) is 0 Å². The average Bonchev–Trinajstić information content (AvgIpc) is 2.53. The summed E-state index contributed by atoms with van der Waals surface area (Å²) in [5, 5.41) is 2.01. The predicted molar refractivity (Wildman–Crippen MR) is 97.9 cm³/mol. The highest BCUT2D eigenvalue weighted by Gasteiger charge is 2.45. The van der Waals surface area contributed by atoms with Crippen molar-refractivity contribution in [3.8, 4) is 0 Å². The molecule has 1 aromatic carbocycles. The summed E-state index contributed by atoms with van der Waals surface area (Å²) in [5.74, 6) is -0.371. The number of benzene rings is 1. The summed E-state index contributed by atoms with van der Waals surface area (Å²) in [6.07, 6.45) is 4.51. The number of carbonyl (C=O) groups excluding carboxylic acids is 1. The molecule has 0 saturated carbocycles. The number of rotatable bonds is 5. The maximum Gasteiger partial charge on any atom is 0.341 e. The van der Waals surface area contributed by atoms with Crippen molar-refractivity contribution >= 4 is 17.7 Å². The van der Waals surface area contributed by atoms with Crippen LogP contribution in [0.2, 0.25) is 0 Å². The van der Waals surface area contributed by atoms with Crippen LogP contribution in [-0.4, -0.2) is 35.5 Å². The minimum absolute atomic E-state index is 0.132. The number of thioether (sulfide) groups is 1. The van der Waals surface area contributed by atoms with Crippen LogP contribution in [0, 0.1) is 0 Å². The molecule has 0 bridgehead atoms. The third-order valence-corrected chi connectivity index (χ3v) is 5.46. The second-order valence-corrected chi connectivity index (χ2v) is 8.43. The summed E-state index contributed by atoms with van der Waals surface area (Å²) in [6.45, 7) is 8.66. The molecule has 24 heavy (non-hydrogen) atoms. The summed E-state index contributed by atoms with van der Waals surface area (Å²) in [5.41, 5.74) is 0.553. The summed E-state index contributed by atoms with van der Waals surface area (Å²) in [6, 6.07) is 7.90. The van der Waals surface area contributed by atoms with E-state index < -0.39 is 6.10 Å². The van der Waals surface area contributed by atoms with Crippen LogP contribution in [0.25, 0.3) is 0 Å². The Kier molecular flexibility index (Phi) is 6.00. The lowest BCUT2D eigenvalue weighted by Gasteiger charge is -2.52. The van der Waals surface area contributed by atoms with Gasteiger partial charge in [0.15, 0.2) is 0 Å². The first-order valence-corrected chi connectivity index (χ1v) is 9.62. The number of piperidine rings is 1. The Labute approximate surface area is 149 Å². The smallest absolute Gasteiger partial charge is 0.341 e. The summed E-state index contributed by atoms with van der Waals surface area (Å²) >= 11 is 1.67. The molecule has 0 amide bonds. The standard InChI is InChI=1S/C19H29NO3S/c1-18(2)12-7-13-19(3,4)20(18)23-16(17(21)22-5)14-8-10-15(24-6)11-9-14/h8-11,16H,7,12-13H2,1-6H3. The number of nitrogens with zero attached hydrogens (tertiary/aromatic N) is 1. The first kappa shape index (κ1) is 19.3. The quantitative estimate of drug-likeness (QED) is 0.573. The van der Waals surface area contributed by atoms with Gasteiger partial charge in [-0.1, -0.05) is 12.1 Å². The van der Waals surface area contributed by atoms with Crippen LogP contribution in [0.3, 0.4) is 0 Å². The molecule has 0 spiro atoms. The zero-order valence-corrected chi connectivity index (χ0v) is 16.4. The van der Waals surface area contributed by atoms with E-state index in [1.54, 1.807) is 11.8 Å². The molecule has 1 fully saturated rings. The molecular weight excluding hydrogens is 322 g/mol. The van der Waals surface area contributed by atoms with E-state index in [1.165, 1.54) is 7.11 Å². The molecule has 134 valence electrons. The molecule has 1 atom stereocenters. The second kappa shape index (κ2) is 7.46. The van der Waals surface area contributed by atoms with Gasteiger partial charge >= 0.3 is 5.97 Å². The van der Waals surface area contributed by atoms with Gasteiger partial charge in [-0.3, -0.25) is 4.84 Å². The van der Waals surface area contributed by atoms with Gasteiger partial charge in [-0.15, -0.1) is 11.8 Å². The van der Waals surface area contributed by atoms with E-state index in [4.69, 9.17) is 9.57 Å². The van der Waals surface area contributed by atoms with Gasteiger partial charge in [0.25, 0.3) is 0 Å². The van der Waals surface area contributed by atoms with Crippen molar-refractivity contribution in [2.24, 2.45) is 0 Å². The minimum atomic E-state index is -0.748. The average molecular weight is 352 g/mol.